The van der Waals surface area contributed by atoms with Gasteiger partial charge in [-0.1, -0.05) is 11.6 Å². The number of halogens is 1. The van der Waals surface area contributed by atoms with E-state index in [0.717, 1.165) is 19.4 Å². The second-order valence-electron chi connectivity index (χ2n) is 6.28. The Hall–Kier alpha value is -2.19. The molecule has 1 heterocycles. The molecule has 1 fully saturated rings. The lowest BCUT2D eigenvalue weighted by Gasteiger charge is -2.32. The first-order valence-corrected chi connectivity index (χ1v) is 8.33. The first-order valence-electron chi connectivity index (χ1n) is 7.95. The number of nitro benzene ring substituents is 1. The highest BCUT2D eigenvalue weighted by Gasteiger charge is 2.27. The second-order valence-corrected chi connectivity index (χ2v) is 6.69. The summed E-state index contributed by atoms with van der Waals surface area (Å²) in [7, 11) is 3.45. The molecule has 8 nitrogen and oxygen atoms in total. The van der Waals surface area contributed by atoms with E-state index < -0.39 is 4.92 Å². The molecule has 1 atom stereocenters. The van der Waals surface area contributed by atoms with Crippen LogP contribution in [-0.2, 0) is 9.59 Å². The fourth-order valence-electron chi connectivity index (χ4n) is 2.90. The Labute approximate surface area is 150 Å². The van der Waals surface area contributed by atoms with Crippen LogP contribution in [0.5, 0.6) is 0 Å². The summed E-state index contributed by atoms with van der Waals surface area (Å²) in [6.45, 7) is 1.41. The number of likely N-dealkylation sites (tertiary alicyclic amines) is 1. The molecule has 0 aromatic heterocycles. The first-order chi connectivity index (χ1) is 11.8. The van der Waals surface area contributed by atoms with Gasteiger partial charge in [0.15, 0.2) is 0 Å². The van der Waals surface area contributed by atoms with Crippen molar-refractivity contribution in [2.24, 2.45) is 5.92 Å². The number of rotatable bonds is 5. The van der Waals surface area contributed by atoms with Crippen molar-refractivity contribution in [3.05, 3.63) is 33.3 Å². The number of piperidine rings is 1. The van der Waals surface area contributed by atoms with Crippen LogP contribution in [0.2, 0.25) is 5.02 Å². The zero-order chi connectivity index (χ0) is 18.6. The van der Waals surface area contributed by atoms with Crippen LogP contribution in [0.3, 0.4) is 0 Å². The van der Waals surface area contributed by atoms with Gasteiger partial charge < -0.3 is 10.2 Å². The zero-order valence-electron chi connectivity index (χ0n) is 14.2. The minimum Gasteiger partial charge on any atom is -0.349 e. The van der Waals surface area contributed by atoms with E-state index in [0.29, 0.717) is 12.2 Å². The van der Waals surface area contributed by atoms with E-state index in [9.17, 15) is 19.7 Å². The Morgan fingerprint density at radius 1 is 1.44 bits per heavy atom. The topological polar surface area (TPSA) is 95.8 Å². The molecule has 2 amide bonds. The van der Waals surface area contributed by atoms with Gasteiger partial charge in [0, 0.05) is 32.4 Å². The number of carbonyl (C=O) groups is 2. The highest BCUT2D eigenvalue weighted by atomic mass is 35.5. The number of hydrogen-bond acceptors (Lipinski definition) is 5. The van der Waals surface area contributed by atoms with E-state index in [1.54, 1.807) is 19.0 Å². The SMILES string of the molecule is CN(C)C(=O)[C@H]1CCCN(CC(=O)Nc2ccc(Cl)c([N+](=O)[O-])c2)C1. The van der Waals surface area contributed by atoms with Gasteiger partial charge >= 0.3 is 0 Å². The van der Waals surface area contributed by atoms with Crippen LogP contribution in [0, 0.1) is 16.0 Å². The lowest BCUT2D eigenvalue weighted by Crippen LogP contribution is -2.45. The smallest absolute Gasteiger partial charge is 0.289 e. The van der Waals surface area contributed by atoms with E-state index in [4.69, 9.17) is 11.6 Å². The third-order valence-electron chi connectivity index (χ3n) is 4.09. The van der Waals surface area contributed by atoms with Gasteiger partial charge in [-0.2, -0.15) is 0 Å². The zero-order valence-corrected chi connectivity index (χ0v) is 15.0. The average Bonchev–Trinajstić information content (AvgIpc) is 2.55. The summed E-state index contributed by atoms with van der Waals surface area (Å²) in [5.41, 5.74) is 0.0631. The van der Waals surface area contributed by atoms with Crippen LogP contribution < -0.4 is 5.32 Å². The van der Waals surface area contributed by atoms with Crippen molar-refractivity contribution >= 4 is 34.8 Å². The van der Waals surface area contributed by atoms with Gasteiger partial charge in [-0.15, -0.1) is 0 Å². The molecule has 0 bridgehead atoms. The molecule has 0 radical (unpaired) electrons. The number of benzene rings is 1. The van der Waals surface area contributed by atoms with E-state index >= 15 is 0 Å². The molecule has 1 aromatic rings. The molecule has 1 aliphatic heterocycles. The van der Waals surface area contributed by atoms with E-state index in [-0.39, 0.29) is 35.0 Å². The van der Waals surface area contributed by atoms with Gasteiger partial charge in [0.25, 0.3) is 5.69 Å². The maximum atomic E-state index is 12.2. The molecular formula is C16H21ClN4O4. The summed E-state index contributed by atoms with van der Waals surface area (Å²) < 4.78 is 0. The van der Waals surface area contributed by atoms with Crippen LogP contribution in [0.25, 0.3) is 0 Å². The minimum absolute atomic E-state index is 0.0177. The standard InChI is InChI=1S/C16H21ClN4O4/c1-19(2)16(23)11-4-3-7-20(9-11)10-15(22)18-12-5-6-13(17)14(8-12)21(24)25/h5-6,8,11H,3-4,7,9-10H2,1-2H3,(H,18,22)/t11-/m0/s1. The highest BCUT2D eigenvalue weighted by Crippen LogP contribution is 2.27. The molecule has 0 unspecified atom stereocenters. The Balaban J connectivity index is 1.95. The van der Waals surface area contributed by atoms with Gasteiger partial charge in [0.05, 0.1) is 17.4 Å². The number of anilines is 1. The molecule has 0 saturated carbocycles. The lowest BCUT2D eigenvalue weighted by atomic mass is 9.97. The van der Waals surface area contributed by atoms with Crippen molar-refractivity contribution in [1.82, 2.24) is 9.80 Å². The van der Waals surface area contributed by atoms with Gasteiger partial charge in [-0.3, -0.25) is 24.6 Å². The molecule has 1 saturated heterocycles. The predicted octanol–water partition coefficient (Wildman–Crippen LogP) is 1.99. The van der Waals surface area contributed by atoms with Crippen LogP contribution in [0.4, 0.5) is 11.4 Å². The summed E-state index contributed by atoms with van der Waals surface area (Å²) in [4.78, 5) is 38.1. The summed E-state index contributed by atoms with van der Waals surface area (Å²) in [6, 6.07) is 4.12. The van der Waals surface area contributed by atoms with Crippen LogP contribution >= 0.6 is 11.6 Å². The first kappa shape index (κ1) is 19.1. The maximum Gasteiger partial charge on any atom is 0.289 e. The number of carbonyl (C=O) groups excluding carboxylic acids is 2. The molecule has 1 N–H and O–H groups in total. The number of hydrogen-bond donors (Lipinski definition) is 1. The quantitative estimate of drug-likeness (QED) is 0.633. The van der Waals surface area contributed by atoms with E-state index in [2.05, 4.69) is 5.32 Å². The Morgan fingerprint density at radius 2 is 2.16 bits per heavy atom. The van der Waals surface area contributed by atoms with E-state index in [1.807, 2.05) is 4.90 Å². The molecular weight excluding hydrogens is 348 g/mol. The van der Waals surface area contributed by atoms with Crippen LogP contribution in [0.15, 0.2) is 18.2 Å². The van der Waals surface area contributed by atoms with Crippen molar-refractivity contribution in [1.29, 1.82) is 0 Å². The molecule has 2 rings (SSSR count). The third kappa shape index (κ3) is 5.14. The molecule has 1 aliphatic rings. The van der Waals surface area contributed by atoms with Crippen LogP contribution in [-0.4, -0.2) is 60.3 Å². The number of nitrogens with zero attached hydrogens (tertiary/aromatic N) is 3. The normalized spacial score (nSPS) is 17.8. The molecule has 25 heavy (non-hydrogen) atoms. The average molecular weight is 369 g/mol. The fraction of sp³-hybridized carbons (Fsp3) is 0.500. The Kier molecular flexibility index (Phi) is 6.33. The van der Waals surface area contributed by atoms with Gasteiger partial charge in [-0.25, -0.2) is 0 Å². The third-order valence-corrected chi connectivity index (χ3v) is 4.41. The Bertz CT molecular complexity index is 680. The monoisotopic (exact) mass is 368 g/mol. The molecule has 136 valence electrons. The number of nitro groups is 1. The number of amides is 2. The number of nitrogens with one attached hydrogen (secondary N) is 1. The summed E-state index contributed by atoms with van der Waals surface area (Å²) in [6.07, 6.45) is 1.67. The van der Waals surface area contributed by atoms with Crippen molar-refractivity contribution in [3.8, 4) is 0 Å². The summed E-state index contributed by atoms with van der Waals surface area (Å²) in [5.74, 6) is -0.318. The molecule has 0 spiro atoms. The summed E-state index contributed by atoms with van der Waals surface area (Å²) in [5, 5.41) is 13.6. The van der Waals surface area contributed by atoms with Crippen LogP contribution in [0.1, 0.15) is 12.8 Å². The predicted molar refractivity (Wildman–Crippen MR) is 94.6 cm³/mol. The summed E-state index contributed by atoms with van der Waals surface area (Å²) >= 11 is 5.76. The van der Waals surface area contributed by atoms with Gasteiger partial charge in [0.1, 0.15) is 5.02 Å². The van der Waals surface area contributed by atoms with Gasteiger partial charge in [-0.05, 0) is 31.5 Å². The van der Waals surface area contributed by atoms with Crippen molar-refractivity contribution in [3.63, 3.8) is 0 Å². The lowest BCUT2D eigenvalue weighted by molar-refractivity contribution is -0.384. The second kappa shape index (κ2) is 8.26. The largest absolute Gasteiger partial charge is 0.349 e. The van der Waals surface area contributed by atoms with Crippen molar-refractivity contribution in [2.45, 2.75) is 12.8 Å². The Morgan fingerprint density at radius 3 is 2.80 bits per heavy atom. The molecule has 1 aromatic carbocycles. The fourth-order valence-corrected chi connectivity index (χ4v) is 3.09. The van der Waals surface area contributed by atoms with Crippen molar-refractivity contribution in [2.75, 3.05) is 39.0 Å². The molecule has 9 heteroatoms. The van der Waals surface area contributed by atoms with Crippen molar-refractivity contribution < 1.29 is 14.5 Å². The van der Waals surface area contributed by atoms with Gasteiger partial charge in [0.2, 0.25) is 11.8 Å². The minimum atomic E-state index is -0.597. The molecule has 0 aliphatic carbocycles. The maximum absolute atomic E-state index is 12.2. The highest BCUT2D eigenvalue weighted by molar-refractivity contribution is 6.32. The van der Waals surface area contributed by atoms with E-state index in [1.165, 1.54) is 18.2 Å².